The molecule has 1 amide bonds. The van der Waals surface area contributed by atoms with Gasteiger partial charge in [-0.15, -0.1) is 0 Å². The van der Waals surface area contributed by atoms with E-state index in [1.807, 2.05) is 12.1 Å². The van der Waals surface area contributed by atoms with Crippen LogP contribution >= 0.6 is 0 Å². The zero-order chi connectivity index (χ0) is 13.0. The molecule has 2 N–H and O–H groups in total. The first-order valence-corrected chi connectivity index (χ1v) is 5.91. The van der Waals surface area contributed by atoms with Gasteiger partial charge in [-0.2, -0.15) is 0 Å². The molecule has 1 aliphatic heterocycles. The van der Waals surface area contributed by atoms with Gasteiger partial charge in [0, 0.05) is 19.1 Å². The van der Waals surface area contributed by atoms with Crippen LogP contribution in [0.25, 0.3) is 0 Å². The van der Waals surface area contributed by atoms with E-state index in [9.17, 15) is 4.79 Å². The average molecular weight is 251 g/mol. The highest BCUT2D eigenvalue weighted by Gasteiger charge is 2.17. The molecule has 5 heteroatoms. The number of rotatable bonds is 5. The van der Waals surface area contributed by atoms with Crippen LogP contribution < -0.4 is 10.1 Å². The van der Waals surface area contributed by atoms with Gasteiger partial charge >= 0.3 is 0 Å². The molecule has 98 valence electrons. The van der Waals surface area contributed by atoms with Crippen LogP contribution in [0.1, 0.15) is 15.9 Å². The zero-order valence-electron chi connectivity index (χ0n) is 10.3. The van der Waals surface area contributed by atoms with Gasteiger partial charge in [0.25, 0.3) is 5.91 Å². The minimum Gasteiger partial charge on any atom is -0.493 e. The summed E-state index contributed by atoms with van der Waals surface area (Å²) in [4.78, 5) is 12.0. The molecule has 0 fully saturated rings. The van der Waals surface area contributed by atoms with Crippen molar-refractivity contribution in [1.29, 1.82) is 0 Å². The van der Waals surface area contributed by atoms with E-state index >= 15 is 0 Å². The van der Waals surface area contributed by atoms with Gasteiger partial charge in [-0.25, -0.2) is 0 Å². The van der Waals surface area contributed by atoms with Crippen LogP contribution in [0.4, 0.5) is 0 Å². The van der Waals surface area contributed by atoms with Crippen LogP contribution in [0.15, 0.2) is 18.2 Å². The van der Waals surface area contributed by atoms with E-state index in [4.69, 9.17) is 14.6 Å². The number of ether oxygens (including phenoxy) is 2. The number of fused-ring (bicyclic) bond motifs is 1. The fourth-order valence-corrected chi connectivity index (χ4v) is 1.94. The topological polar surface area (TPSA) is 67.8 Å². The number of hydrogen-bond donors (Lipinski definition) is 2. The summed E-state index contributed by atoms with van der Waals surface area (Å²) in [7, 11) is 1.53. The van der Waals surface area contributed by atoms with Gasteiger partial charge in [-0.1, -0.05) is 0 Å². The molecule has 0 saturated carbocycles. The van der Waals surface area contributed by atoms with E-state index in [2.05, 4.69) is 5.32 Å². The van der Waals surface area contributed by atoms with E-state index in [1.165, 1.54) is 7.11 Å². The van der Waals surface area contributed by atoms with Gasteiger partial charge in [0.05, 0.1) is 25.9 Å². The molecule has 0 radical (unpaired) electrons. The molecular weight excluding hydrogens is 234 g/mol. The van der Waals surface area contributed by atoms with Crippen molar-refractivity contribution in [2.24, 2.45) is 0 Å². The van der Waals surface area contributed by atoms with Crippen LogP contribution in [0.2, 0.25) is 0 Å². The Labute approximate surface area is 106 Å². The maximum atomic E-state index is 12.0. The first-order chi connectivity index (χ1) is 8.74. The Morgan fingerprint density at radius 3 is 3.17 bits per heavy atom. The van der Waals surface area contributed by atoms with Crippen LogP contribution in [0.5, 0.6) is 5.75 Å². The lowest BCUT2D eigenvalue weighted by Gasteiger charge is -2.15. The molecule has 5 nitrogen and oxygen atoms in total. The van der Waals surface area contributed by atoms with Gasteiger partial charge in [0.2, 0.25) is 0 Å². The van der Waals surface area contributed by atoms with Gasteiger partial charge in [-0.3, -0.25) is 4.79 Å². The summed E-state index contributed by atoms with van der Waals surface area (Å²) >= 11 is 0. The number of carbonyl (C=O) groups is 1. The molecule has 1 heterocycles. The van der Waals surface area contributed by atoms with E-state index in [0.29, 0.717) is 12.2 Å². The van der Waals surface area contributed by atoms with Crippen molar-refractivity contribution in [3.8, 4) is 5.75 Å². The van der Waals surface area contributed by atoms with E-state index in [0.717, 1.165) is 17.7 Å². The molecule has 1 aromatic carbocycles. The molecule has 0 bridgehead atoms. The van der Waals surface area contributed by atoms with Crippen LogP contribution in [0, 0.1) is 0 Å². The SMILES string of the molecule is COCC(CO)NC(=O)c1ccc2c(c1)CCO2. The van der Waals surface area contributed by atoms with Gasteiger partial charge in [-0.05, 0) is 23.8 Å². The highest BCUT2D eigenvalue weighted by Crippen LogP contribution is 2.25. The predicted molar refractivity (Wildman–Crippen MR) is 65.9 cm³/mol. The van der Waals surface area contributed by atoms with E-state index in [-0.39, 0.29) is 25.2 Å². The molecule has 0 spiro atoms. The number of carbonyl (C=O) groups excluding carboxylic acids is 1. The summed E-state index contributed by atoms with van der Waals surface area (Å²) in [6, 6.07) is 4.98. The third-order valence-corrected chi connectivity index (χ3v) is 2.88. The van der Waals surface area contributed by atoms with Gasteiger partial charge in [0.1, 0.15) is 5.75 Å². The lowest BCUT2D eigenvalue weighted by molar-refractivity contribution is 0.0839. The second-order valence-electron chi connectivity index (χ2n) is 4.23. The first kappa shape index (κ1) is 12.9. The Balaban J connectivity index is 2.04. The zero-order valence-corrected chi connectivity index (χ0v) is 10.3. The molecule has 0 aliphatic carbocycles. The van der Waals surface area contributed by atoms with E-state index < -0.39 is 0 Å². The fraction of sp³-hybridized carbons (Fsp3) is 0.462. The quantitative estimate of drug-likeness (QED) is 0.793. The highest BCUT2D eigenvalue weighted by atomic mass is 16.5. The Morgan fingerprint density at radius 2 is 2.44 bits per heavy atom. The second kappa shape index (κ2) is 5.84. The number of aliphatic hydroxyl groups excluding tert-OH is 1. The number of methoxy groups -OCH3 is 1. The molecule has 2 rings (SSSR count). The molecule has 1 aromatic rings. The number of amides is 1. The maximum Gasteiger partial charge on any atom is 0.251 e. The van der Waals surface area contributed by atoms with Crippen molar-refractivity contribution in [3.05, 3.63) is 29.3 Å². The van der Waals surface area contributed by atoms with Crippen LogP contribution in [-0.4, -0.2) is 44.0 Å². The number of hydrogen-bond acceptors (Lipinski definition) is 4. The fourth-order valence-electron chi connectivity index (χ4n) is 1.94. The number of aliphatic hydroxyl groups is 1. The minimum atomic E-state index is -0.382. The molecule has 0 saturated heterocycles. The Bertz CT molecular complexity index is 433. The normalized spacial score (nSPS) is 14.8. The van der Waals surface area contributed by atoms with Crippen molar-refractivity contribution in [2.75, 3.05) is 26.9 Å². The maximum absolute atomic E-state index is 12.0. The Morgan fingerprint density at radius 1 is 1.61 bits per heavy atom. The summed E-state index contributed by atoms with van der Waals surface area (Å²) in [5.41, 5.74) is 1.63. The van der Waals surface area contributed by atoms with Crippen molar-refractivity contribution in [2.45, 2.75) is 12.5 Å². The molecule has 1 aliphatic rings. The summed E-state index contributed by atoms with van der Waals surface area (Å²) in [5, 5.41) is 11.8. The Kier molecular flexibility index (Phi) is 4.17. The smallest absolute Gasteiger partial charge is 0.251 e. The lowest BCUT2D eigenvalue weighted by atomic mass is 10.1. The third kappa shape index (κ3) is 2.80. The monoisotopic (exact) mass is 251 g/mol. The molecule has 1 atom stereocenters. The van der Waals surface area contributed by atoms with E-state index in [1.54, 1.807) is 6.07 Å². The largest absolute Gasteiger partial charge is 0.493 e. The highest BCUT2D eigenvalue weighted by molar-refractivity contribution is 5.94. The summed E-state index contributed by atoms with van der Waals surface area (Å²) in [5.74, 6) is 0.642. The van der Waals surface area contributed by atoms with Crippen molar-refractivity contribution in [1.82, 2.24) is 5.32 Å². The average Bonchev–Trinajstić information content (AvgIpc) is 2.85. The Hall–Kier alpha value is -1.59. The lowest BCUT2D eigenvalue weighted by Crippen LogP contribution is -2.40. The number of nitrogens with one attached hydrogen (secondary N) is 1. The first-order valence-electron chi connectivity index (χ1n) is 5.91. The van der Waals surface area contributed by atoms with Crippen LogP contribution in [0.3, 0.4) is 0 Å². The van der Waals surface area contributed by atoms with Crippen molar-refractivity contribution in [3.63, 3.8) is 0 Å². The molecule has 18 heavy (non-hydrogen) atoms. The number of benzene rings is 1. The third-order valence-electron chi connectivity index (χ3n) is 2.88. The molecule has 1 unspecified atom stereocenters. The summed E-state index contributed by atoms with van der Waals surface area (Å²) < 4.78 is 10.3. The molecular formula is C13H17NO4. The van der Waals surface area contributed by atoms with Crippen LogP contribution in [-0.2, 0) is 11.2 Å². The standard InChI is InChI=1S/C13H17NO4/c1-17-8-11(7-15)14-13(16)10-2-3-12-9(6-10)4-5-18-12/h2-3,6,11,15H,4-5,7-8H2,1H3,(H,14,16). The second-order valence-corrected chi connectivity index (χ2v) is 4.23. The summed E-state index contributed by atoms with van der Waals surface area (Å²) in [6.07, 6.45) is 0.831. The van der Waals surface area contributed by atoms with Gasteiger partial charge < -0.3 is 19.9 Å². The van der Waals surface area contributed by atoms with Crippen molar-refractivity contribution >= 4 is 5.91 Å². The predicted octanol–water partition coefficient (Wildman–Crippen LogP) is 0.359. The van der Waals surface area contributed by atoms with Gasteiger partial charge in [0.15, 0.2) is 0 Å². The van der Waals surface area contributed by atoms with Crippen molar-refractivity contribution < 1.29 is 19.4 Å². The molecule has 0 aromatic heterocycles. The summed E-state index contributed by atoms with van der Waals surface area (Å²) in [6.45, 7) is 0.813. The minimum absolute atomic E-state index is 0.145.